The minimum atomic E-state index is 0.0399. The number of piperidine rings is 1. The lowest BCUT2D eigenvalue weighted by Crippen LogP contribution is -2.48. The van der Waals surface area contributed by atoms with Crippen LogP contribution in [-0.4, -0.2) is 36.5 Å². The highest BCUT2D eigenvalue weighted by molar-refractivity contribution is 9.10. The summed E-state index contributed by atoms with van der Waals surface area (Å²) >= 11 is 3.42. The number of hydrogen-bond acceptors (Lipinski definition) is 3. The summed E-state index contributed by atoms with van der Waals surface area (Å²) in [6.07, 6.45) is 0.964. The van der Waals surface area contributed by atoms with Crippen LogP contribution >= 0.6 is 15.9 Å². The molecule has 1 fully saturated rings. The van der Waals surface area contributed by atoms with Gasteiger partial charge in [-0.05, 0) is 43.0 Å². The number of aryl methyl sites for hydroxylation is 1. The number of nitrogens with one attached hydrogen (secondary N) is 1. The normalized spacial score (nSPS) is 23.6. The summed E-state index contributed by atoms with van der Waals surface area (Å²) in [4.78, 5) is 14.3. The minimum absolute atomic E-state index is 0.0399. The molecule has 1 aromatic carbocycles. The highest BCUT2D eigenvalue weighted by atomic mass is 79.9. The largest absolute Gasteiger partial charge is 0.327 e. The van der Waals surface area contributed by atoms with Crippen molar-refractivity contribution in [2.75, 3.05) is 25.0 Å². The van der Waals surface area contributed by atoms with Crippen molar-refractivity contribution >= 4 is 27.5 Å². The van der Waals surface area contributed by atoms with E-state index in [4.69, 9.17) is 5.73 Å². The van der Waals surface area contributed by atoms with E-state index in [9.17, 15) is 4.79 Å². The van der Waals surface area contributed by atoms with Crippen LogP contribution < -0.4 is 11.1 Å². The highest BCUT2D eigenvalue weighted by Gasteiger charge is 2.24. The Bertz CT molecular complexity index is 492. The molecule has 4 nitrogen and oxygen atoms in total. The van der Waals surface area contributed by atoms with Gasteiger partial charge in [-0.1, -0.05) is 22.9 Å². The molecule has 0 bridgehead atoms. The Morgan fingerprint density at radius 2 is 2.30 bits per heavy atom. The Labute approximate surface area is 128 Å². The van der Waals surface area contributed by atoms with Gasteiger partial charge in [0.05, 0.1) is 6.54 Å². The van der Waals surface area contributed by atoms with Crippen molar-refractivity contribution in [3.8, 4) is 0 Å². The molecule has 1 heterocycles. The number of hydrogen-bond donors (Lipinski definition) is 2. The van der Waals surface area contributed by atoms with Crippen LogP contribution in [0.5, 0.6) is 0 Å². The number of nitrogens with zero attached hydrogens (tertiary/aromatic N) is 1. The van der Waals surface area contributed by atoms with E-state index in [0.717, 1.165) is 35.2 Å². The van der Waals surface area contributed by atoms with Crippen molar-refractivity contribution in [1.82, 2.24) is 4.90 Å². The predicted octanol–water partition coefficient (Wildman–Crippen LogP) is 2.37. The minimum Gasteiger partial charge on any atom is -0.327 e. The summed E-state index contributed by atoms with van der Waals surface area (Å²) in [6.45, 7) is 6.37. The second kappa shape index (κ2) is 6.70. The van der Waals surface area contributed by atoms with Gasteiger partial charge < -0.3 is 11.1 Å². The summed E-state index contributed by atoms with van der Waals surface area (Å²) in [6, 6.07) is 6.12. The maximum atomic E-state index is 12.1. The molecule has 1 aliphatic rings. The molecule has 2 rings (SSSR count). The summed E-state index contributed by atoms with van der Waals surface area (Å²) in [5, 5.41) is 2.98. The highest BCUT2D eigenvalue weighted by Crippen LogP contribution is 2.20. The average Bonchev–Trinajstić information content (AvgIpc) is 2.37. The van der Waals surface area contributed by atoms with E-state index in [0.29, 0.717) is 12.5 Å². The van der Waals surface area contributed by atoms with Gasteiger partial charge in [0.25, 0.3) is 0 Å². The number of anilines is 1. The van der Waals surface area contributed by atoms with Gasteiger partial charge >= 0.3 is 0 Å². The van der Waals surface area contributed by atoms with Crippen LogP contribution in [0.15, 0.2) is 22.7 Å². The van der Waals surface area contributed by atoms with Crippen LogP contribution in [0, 0.1) is 12.8 Å². The van der Waals surface area contributed by atoms with E-state index in [1.54, 1.807) is 0 Å². The van der Waals surface area contributed by atoms with Gasteiger partial charge in [-0.3, -0.25) is 9.69 Å². The first kappa shape index (κ1) is 15.5. The van der Waals surface area contributed by atoms with E-state index in [1.165, 1.54) is 0 Å². The second-order valence-electron chi connectivity index (χ2n) is 5.67. The molecular weight excluding hydrogens is 318 g/mol. The molecule has 3 N–H and O–H groups in total. The number of amides is 1. The zero-order valence-corrected chi connectivity index (χ0v) is 13.6. The zero-order chi connectivity index (χ0) is 14.7. The van der Waals surface area contributed by atoms with Crippen LogP contribution in [0.4, 0.5) is 5.69 Å². The van der Waals surface area contributed by atoms with E-state index in [2.05, 4.69) is 33.1 Å². The van der Waals surface area contributed by atoms with Crippen LogP contribution in [0.3, 0.4) is 0 Å². The third-order valence-electron chi connectivity index (χ3n) is 3.89. The van der Waals surface area contributed by atoms with E-state index in [-0.39, 0.29) is 11.9 Å². The molecule has 0 radical (unpaired) electrons. The molecule has 0 spiro atoms. The first-order valence-corrected chi connectivity index (χ1v) is 7.79. The van der Waals surface area contributed by atoms with Gasteiger partial charge in [-0.15, -0.1) is 0 Å². The second-order valence-corrected chi connectivity index (χ2v) is 6.59. The molecule has 5 heteroatoms. The quantitative estimate of drug-likeness (QED) is 0.888. The maximum Gasteiger partial charge on any atom is 0.238 e. The molecule has 0 aliphatic carbocycles. The van der Waals surface area contributed by atoms with Gasteiger partial charge in [0.15, 0.2) is 0 Å². The van der Waals surface area contributed by atoms with Crippen LogP contribution in [0.2, 0.25) is 0 Å². The van der Waals surface area contributed by atoms with Gasteiger partial charge in [0.2, 0.25) is 5.91 Å². The first-order valence-electron chi connectivity index (χ1n) is 6.99. The zero-order valence-electron chi connectivity index (χ0n) is 12.0. The molecule has 1 aromatic rings. The third-order valence-corrected chi connectivity index (χ3v) is 4.38. The van der Waals surface area contributed by atoms with Crippen molar-refractivity contribution < 1.29 is 4.79 Å². The molecule has 1 amide bonds. The van der Waals surface area contributed by atoms with Crippen molar-refractivity contribution in [3.63, 3.8) is 0 Å². The fourth-order valence-electron chi connectivity index (χ4n) is 2.55. The summed E-state index contributed by atoms with van der Waals surface area (Å²) in [7, 11) is 0. The molecule has 110 valence electrons. The Kier molecular flexibility index (Phi) is 5.18. The van der Waals surface area contributed by atoms with E-state index < -0.39 is 0 Å². The molecule has 20 heavy (non-hydrogen) atoms. The summed E-state index contributed by atoms with van der Waals surface area (Å²) in [5.74, 6) is 0.490. The standard InChI is InChI=1S/C15H22BrN3O/c1-10-7-12(16)3-4-14(10)18-15(20)9-19-6-5-13(17)11(2)8-19/h3-4,7,11,13H,5-6,8-9,17H2,1-2H3,(H,18,20). The molecule has 2 unspecified atom stereocenters. The maximum absolute atomic E-state index is 12.1. The third kappa shape index (κ3) is 4.04. The number of rotatable bonds is 3. The number of likely N-dealkylation sites (tertiary alicyclic amines) is 1. The van der Waals surface area contributed by atoms with Crippen molar-refractivity contribution in [2.24, 2.45) is 11.7 Å². The first-order chi connectivity index (χ1) is 9.45. The molecule has 0 saturated carbocycles. The van der Waals surface area contributed by atoms with Crippen molar-refractivity contribution in [1.29, 1.82) is 0 Å². The van der Waals surface area contributed by atoms with Gasteiger partial charge in [0, 0.05) is 29.3 Å². The van der Waals surface area contributed by atoms with E-state index in [1.807, 2.05) is 25.1 Å². The van der Waals surface area contributed by atoms with Gasteiger partial charge in [-0.25, -0.2) is 0 Å². The lowest BCUT2D eigenvalue weighted by molar-refractivity contribution is -0.117. The van der Waals surface area contributed by atoms with Crippen LogP contribution in [0.1, 0.15) is 18.9 Å². The molecule has 1 aliphatic heterocycles. The fraction of sp³-hybridized carbons (Fsp3) is 0.533. The Morgan fingerprint density at radius 3 is 2.95 bits per heavy atom. The molecule has 2 atom stereocenters. The molecule has 1 saturated heterocycles. The SMILES string of the molecule is Cc1cc(Br)ccc1NC(=O)CN1CCC(N)C(C)C1. The van der Waals surface area contributed by atoms with Crippen LogP contribution in [-0.2, 0) is 4.79 Å². The van der Waals surface area contributed by atoms with Gasteiger partial charge in [0.1, 0.15) is 0 Å². The van der Waals surface area contributed by atoms with E-state index >= 15 is 0 Å². The van der Waals surface area contributed by atoms with Crippen molar-refractivity contribution in [2.45, 2.75) is 26.3 Å². The molecular formula is C15H22BrN3O. The predicted molar refractivity (Wildman–Crippen MR) is 85.7 cm³/mol. The van der Waals surface area contributed by atoms with Gasteiger partial charge in [-0.2, -0.15) is 0 Å². The fourth-order valence-corrected chi connectivity index (χ4v) is 3.03. The Balaban J connectivity index is 1.89. The smallest absolute Gasteiger partial charge is 0.238 e. The summed E-state index contributed by atoms with van der Waals surface area (Å²) in [5.41, 5.74) is 7.93. The monoisotopic (exact) mass is 339 g/mol. The number of carbonyl (C=O) groups excluding carboxylic acids is 1. The Hall–Kier alpha value is -0.910. The number of benzene rings is 1. The lowest BCUT2D eigenvalue weighted by atomic mass is 9.95. The lowest BCUT2D eigenvalue weighted by Gasteiger charge is -2.34. The topological polar surface area (TPSA) is 58.4 Å². The Morgan fingerprint density at radius 1 is 1.55 bits per heavy atom. The molecule has 0 aromatic heterocycles. The number of nitrogens with two attached hydrogens (primary N) is 1. The average molecular weight is 340 g/mol. The van der Waals surface area contributed by atoms with Crippen molar-refractivity contribution in [3.05, 3.63) is 28.2 Å². The summed E-state index contributed by atoms with van der Waals surface area (Å²) < 4.78 is 1.02. The van der Waals surface area contributed by atoms with Crippen LogP contribution in [0.25, 0.3) is 0 Å². The number of carbonyl (C=O) groups is 1. The number of halogens is 1.